The molecule has 2 aliphatic rings. The van der Waals surface area contributed by atoms with Crippen molar-refractivity contribution < 1.29 is 9.53 Å². The minimum Gasteiger partial charge on any atom is -0.378 e. The molecule has 0 spiro atoms. The van der Waals surface area contributed by atoms with Gasteiger partial charge in [-0.25, -0.2) is 0 Å². The van der Waals surface area contributed by atoms with Gasteiger partial charge in [0.15, 0.2) is 0 Å². The van der Waals surface area contributed by atoms with Gasteiger partial charge in [0, 0.05) is 31.0 Å². The van der Waals surface area contributed by atoms with E-state index >= 15 is 0 Å². The minimum atomic E-state index is 0.131. The van der Waals surface area contributed by atoms with Crippen LogP contribution in [0.2, 0.25) is 0 Å². The Balaban J connectivity index is 1.44. The fourth-order valence-electron chi connectivity index (χ4n) is 2.66. The third kappa shape index (κ3) is 3.33. The molecular formula is C15H20N2O2. The Morgan fingerprint density at radius 1 is 1.37 bits per heavy atom. The van der Waals surface area contributed by atoms with Crippen LogP contribution in [0.1, 0.15) is 24.3 Å². The summed E-state index contributed by atoms with van der Waals surface area (Å²) in [5, 5.41) is 6.42. The number of amides is 1. The number of ether oxygens (including phenoxy) is 1. The average molecular weight is 260 g/mol. The highest BCUT2D eigenvalue weighted by Gasteiger charge is 2.39. The molecule has 1 saturated heterocycles. The molecule has 0 radical (unpaired) electrons. The molecule has 0 bridgehead atoms. The summed E-state index contributed by atoms with van der Waals surface area (Å²) < 4.78 is 5.35. The molecule has 1 aromatic carbocycles. The van der Waals surface area contributed by atoms with E-state index in [1.165, 1.54) is 5.56 Å². The van der Waals surface area contributed by atoms with E-state index in [9.17, 15) is 4.79 Å². The summed E-state index contributed by atoms with van der Waals surface area (Å²) in [5.74, 6) is 0.632. The highest BCUT2D eigenvalue weighted by atomic mass is 16.5. The second-order valence-corrected chi connectivity index (χ2v) is 5.36. The first-order valence-corrected chi connectivity index (χ1v) is 6.98. The molecular weight excluding hydrogens is 240 g/mol. The van der Waals surface area contributed by atoms with Gasteiger partial charge in [0.05, 0.1) is 13.2 Å². The molecule has 2 N–H and O–H groups in total. The molecule has 102 valence electrons. The van der Waals surface area contributed by atoms with Gasteiger partial charge in [0.2, 0.25) is 5.91 Å². The molecule has 19 heavy (non-hydrogen) atoms. The van der Waals surface area contributed by atoms with Gasteiger partial charge in [-0.2, -0.15) is 0 Å². The zero-order valence-corrected chi connectivity index (χ0v) is 11.0. The highest BCUT2D eigenvalue weighted by molar-refractivity contribution is 5.77. The Kier molecular flexibility index (Phi) is 3.80. The molecule has 1 aromatic rings. The van der Waals surface area contributed by atoms with Crippen molar-refractivity contribution in [2.24, 2.45) is 0 Å². The van der Waals surface area contributed by atoms with Crippen molar-refractivity contribution in [2.75, 3.05) is 19.8 Å². The topological polar surface area (TPSA) is 50.4 Å². The third-order valence-electron chi connectivity index (χ3n) is 3.79. The molecule has 3 atom stereocenters. The van der Waals surface area contributed by atoms with Gasteiger partial charge in [-0.15, -0.1) is 0 Å². The summed E-state index contributed by atoms with van der Waals surface area (Å²) in [5.41, 5.74) is 1.33. The molecule has 1 saturated carbocycles. The first-order valence-electron chi connectivity index (χ1n) is 6.98. The monoisotopic (exact) mass is 260 g/mol. The van der Waals surface area contributed by atoms with Gasteiger partial charge < -0.3 is 15.4 Å². The Bertz CT molecular complexity index is 429. The summed E-state index contributed by atoms with van der Waals surface area (Å²) in [4.78, 5) is 11.9. The van der Waals surface area contributed by atoms with E-state index < -0.39 is 0 Å². The smallest absolute Gasteiger partial charge is 0.221 e. The van der Waals surface area contributed by atoms with Crippen molar-refractivity contribution in [1.29, 1.82) is 0 Å². The number of carbonyl (C=O) groups excluding carboxylic acids is 1. The third-order valence-corrected chi connectivity index (χ3v) is 3.79. The van der Waals surface area contributed by atoms with Crippen LogP contribution in [0.5, 0.6) is 0 Å². The van der Waals surface area contributed by atoms with Crippen molar-refractivity contribution in [1.82, 2.24) is 10.6 Å². The van der Waals surface area contributed by atoms with Crippen LogP contribution in [0.3, 0.4) is 0 Å². The lowest BCUT2D eigenvalue weighted by molar-refractivity contribution is -0.122. The summed E-state index contributed by atoms with van der Waals surface area (Å²) in [6.45, 7) is 2.23. The maximum Gasteiger partial charge on any atom is 0.221 e. The standard InChI is InChI=1S/C15H20N2O2/c18-15(8-12-10-19-7-6-16-12)17-14-9-13(14)11-4-2-1-3-5-11/h1-5,12-14,16H,6-10H2,(H,17,18). The van der Waals surface area contributed by atoms with Crippen molar-refractivity contribution in [3.63, 3.8) is 0 Å². The first-order chi connectivity index (χ1) is 9.33. The first kappa shape index (κ1) is 12.6. The van der Waals surface area contributed by atoms with Crippen LogP contribution in [0.25, 0.3) is 0 Å². The maximum atomic E-state index is 11.9. The molecule has 4 heteroatoms. The van der Waals surface area contributed by atoms with Crippen molar-refractivity contribution in [3.05, 3.63) is 35.9 Å². The van der Waals surface area contributed by atoms with E-state index in [-0.39, 0.29) is 11.9 Å². The molecule has 1 aliphatic carbocycles. The Morgan fingerprint density at radius 3 is 2.95 bits per heavy atom. The minimum absolute atomic E-state index is 0.131. The Labute approximate surface area is 113 Å². The van der Waals surface area contributed by atoms with E-state index in [0.29, 0.717) is 25.0 Å². The molecule has 2 fully saturated rings. The second kappa shape index (κ2) is 5.72. The Morgan fingerprint density at radius 2 is 2.21 bits per heavy atom. The number of morpholine rings is 1. The van der Waals surface area contributed by atoms with Crippen LogP contribution in [-0.2, 0) is 9.53 Å². The van der Waals surface area contributed by atoms with Crippen molar-refractivity contribution >= 4 is 5.91 Å². The number of carbonyl (C=O) groups is 1. The van der Waals surface area contributed by atoms with E-state index in [2.05, 4.69) is 34.9 Å². The van der Waals surface area contributed by atoms with E-state index in [4.69, 9.17) is 4.74 Å². The van der Waals surface area contributed by atoms with Crippen LogP contribution in [0.15, 0.2) is 30.3 Å². The molecule has 1 aliphatic heterocycles. The summed E-state index contributed by atoms with van der Waals surface area (Å²) >= 11 is 0. The van der Waals surface area contributed by atoms with Crippen LogP contribution < -0.4 is 10.6 Å². The zero-order valence-electron chi connectivity index (χ0n) is 11.0. The van der Waals surface area contributed by atoms with Crippen LogP contribution in [0.4, 0.5) is 0 Å². The van der Waals surface area contributed by atoms with Gasteiger partial charge in [0.25, 0.3) is 0 Å². The fourth-order valence-corrected chi connectivity index (χ4v) is 2.66. The largest absolute Gasteiger partial charge is 0.378 e. The second-order valence-electron chi connectivity index (χ2n) is 5.36. The highest BCUT2D eigenvalue weighted by Crippen LogP contribution is 2.40. The number of rotatable bonds is 4. The van der Waals surface area contributed by atoms with Gasteiger partial charge in [0.1, 0.15) is 0 Å². The van der Waals surface area contributed by atoms with Crippen LogP contribution in [0, 0.1) is 0 Å². The van der Waals surface area contributed by atoms with Crippen LogP contribution >= 0.6 is 0 Å². The van der Waals surface area contributed by atoms with Crippen molar-refractivity contribution in [3.8, 4) is 0 Å². The lowest BCUT2D eigenvalue weighted by Gasteiger charge is -2.23. The predicted molar refractivity (Wildman–Crippen MR) is 73.0 cm³/mol. The lowest BCUT2D eigenvalue weighted by atomic mass is 10.1. The number of benzene rings is 1. The Hall–Kier alpha value is -1.39. The predicted octanol–water partition coefficient (Wildman–Crippen LogP) is 1.04. The molecule has 3 rings (SSSR count). The fraction of sp³-hybridized carbons (Fsp3) is 0.533. The number of hydrogen-bond acceptors (Lipinski definition) is 3. The number of hydrogen-bond donors (Lipinski definition) is 2. The van der Waals surface area contributed by atoms with E-state index in [0.717, 1.165) is 19.6 Å². The van der Waals surface area contributed by atoms with Crippen LogP contribution in [-0.4, -0.2) is 37.7 Å². The van der Waals surface area contributed by atoms with Gasteiger partial charge in [-0.1, -0.05) is 30.3 Å². The van der Waals surface area contributed by atoms with E-state index in [1.807, 2.05) is 6.07 Å². The summed E-state index contributed by atoms with van der Waals surface area (Å²) in [6, 6.07) is 10.9. The molecule has 0 aromatic heterocycles. The lowest BCUT2D eigenvalue weighted by Crippen LogP contribution is -2.44. The molecule has 4 nitrogen and oxygen atoms in total. The zero-order chi connectivity index (χ0) is 13.1. The molecule has 1 heterocycles. The molecule has 1 amide bonds. The van der Waals surface area contributed by atoms with E-state index in [1.54, 1.807) is 0 Å². The summed E-state index contributed by atoms with van der Waals surface area (Å²) in [7, 11) is 0. The maximum absolute atomic E-state index is 11.9. The quantitative estimate of drug-likeness (QED) is 0.850. The summed E-state index contributed by atoms with van der Waals surface area (Å²) in [6.07, 6.45) is 1.57. The SMILES string of the molecule is O=C(CC1COCCN1)NC1CC1c1ccccc1. The average Bonchev–Trinajstić information content (AvgIpc) is 3.20. The van der Waals surface area contributed by atoms with Gasteiger partial charge in [-0.05, 0) is 12.0 Å². The normalized spacial score (nSPS) is 29.8. The van der Waals surface area contributed by atoms with Crippen molar-refractivity contribution in [2.45, 2.75) is 30.8 Å². The number of nitrogens with one attached hydrogen (secondary N) is 2. The van der Waals surface area contributed by atoms with Gasteiger partial charge >= 0.3 is 0 Å². The van der Waals surface area contributed by atoms with Gasteiger partial charge in [-0.3, -0.25) is 4.79 Å². The molecule has 3 unspecified atom stereocenters.